The van der Waals surface area contributed by atoms with Crippen molar-refractivity contribution in [1.29, 1.82) is 0 Å². The van der Waals surface area contributed by atoms with Crippen LogP contribution in [0.15, 0.2) is 24.3 Å². The van der Waals surface area contributed by atoms with Crippen molar-refractivity contribution in [1.82, 2.24) is 5.32 Å². The van der Waals surface area contributed by atoms with Crippen molar-refractivity contribution in [2.75, 3.05) is 13.1 Å². The number of hydrogen-bond acceptors (Lipinski definition) is 4. The zero-order chi connectivity index (χ0) is 12.0. The predicted molar refractivity (Wildman–Crippen MR) is 62.6 cm³/mol. The minimum absolute atomic E-state index is 0. The van der Waals surface area contributed by atoms with Crippen molar-refractivity contribution < 1.29 is 56.3 Å². The maximum Gasteiger partial charge on any atom is 1.00 e. The van der Waals surface area contributed by atoms with Crippen LogP contribution in [0.3, 0.4) is 0 Å². The summed E-state index contributed by atoms with van der Waals surface area (Å²) in [7, 11) is 0. The SMILES string of the molecule is CC(c1ccccc1CNCCN)[N+](=O)[O-].[K+]. The summed E-state index contributed by atoms with van der Waals surface area (Å²) in [5.74, 6) is 0. The molecule has 88 valence electrons. The van der Waals surface area contributed by atoms with E-state index in [1.165, 1.54) is 0 Å². The van der Waals surface area contributed by atoms with Crippen molar-refractivity contribution in [3.8, 4) is 0 Å². The Morgan fingerprint density at radius 2 is 2.12 bits per heavy atom. The third-order valence-corrected chi connectivity index (χ3v) is 2.46. The zero-order valence-electron chi connectivity index (χ0n) is 10.3. The molecular formula is C11H17KN3O2+. The summed E-state index contributed by atoms with van der Waals surface area (Å²) in [5, 5.41) is 13.9. The number of nitrogens with one attached hydrogen (secondary N) is 1. The van der Waals surface area contributed by atoms with Crippen LogP contribution in [0, 0.1) is 10.1 Å². The molecule has 17 heavy (non-hydrogen) atoms. The number of hydrogen-bond donors (Lipinski definition) is 2. The van der Waals surface area contributed by atoms with Gasteiger partial charge in [-0.3, -0.25) is 10.1 Å². The van der Waals surface area contributed by atoms with Crippen LogP contribution in [0.4, 0.5) is 0 Å². The van der Waals surface area contributed by atoms with E-state index in [0.717, 1.165) is 11.1 Å². The third kappa shape index (κ3) is 5.56. The minimum atomic E-state index is -0.670. The molecule has 1 atom stereocenters. The molecule has 0 bridgehead atoms. The number of nitrogens with zero attached hydrogens (tertiary/aromatic N) is 1. The van der Waals surface area contributed by atoms with Crippen molar-refractivity contribution in [2.45, 2.75) is 19.5 Å². The Hall–Kier alpha value is 0.176. The second-order valence-corrected chi connectivity index (χ2v) is 3.63. The van der Waals surface area contributed by atoms with E-state index in [1.54, 1.807) is 13.0 Å². The molecule has 0 saturated carbocycles. The van der Waals surface area contributed by atoms with Crippen LogP contribution in [0.2, 0.25) is 0 Å². The summed E-state index contributed by atoms with van der Waals surface area (Å²) in [6.07, 6.45) is 0. The average Bonchev–Trinajstić information content (AvgIpc) is 2.29. The van der Waals surface area contributed by atoms with Gasteiger partial charge in [0.25, 0.3) is 0 Å². The molecule has 1 aromatic carbocycles. The molecule has 1 rings (SSSR count). The van der Waals surface area contributed by atoms with Crippen LogP contribution in [-0.4, -0.2) is 18.0 Å². The Balaban J connectivity index is 0.00000256. The predicted octanol–water partition coefficient (Wildman–Crippen LogP) is -1.92. The van der Waals surface area contributed by atoms with Gasteiger partial charge in [-0.05, 0) is 5.56 Å². The second-order valence-electron chi connectivity index (χ2n) is 3.63. The van der Waals surface area contributed by atoms with Gasteiger partial charge in [-0.15, -0.1) is 0 Å². The maximum absolute atomic E-state index is 10.7. The van der Waals surface area contributed by atoms with Gasteiger partial charge in [0.05, 0.1) is 0 Å². The first-order valence-corrected chi connectivity index (χ1v) is 5.29. The Morgan fingerprint density at radius 3 is 2.71 bits per heavy atom. The monoisotopic (exact) mass is 262 g/mol. The Bertz CT molecular complexity index is 360. The van der Waals surface area contributed by atoms with E-state index >= 15 is 0 Å². The van der Waals surface area contributed by atoms with Crippen LogP contribution in [0.5, 0.6) is 0 Å². The van der Waals surface area contributed by atoms with Crippen LogP contribution < -0.4 is 62.4 Å². The number of nitro groups is 1. The molecule has 0 spiro atoms. The van der Waals surface area contributed by atoms with Gasteiger partial charge in [-0.1, -0.05) is 24.3 Å². The fourth-order valence-electron chi connectivity index (χ4n) is 1.54. The van der Waals surface area contributed by atoms with Gasteiger partial charge in [0.15, 0.2) is 0 Å². The molecule has 0 saturated heterocycles. The molecule has 0 radical (unpaired) electrons. The topological polar surface area (TPSA) is 81.2 Å². The van der Waals surface area contributed by atoms with Crippen molar-refractivity contribution in [3.63, 3.8) is 0 Å². The molecule has 5 nitrogen and oxygen atoms in total. The number of rotatable bonds is 6. The van der Waals surface area contributed by atoms with Crippen LogP contribution >= 0.6 is 0 Å². The fraction of sp³-hybridized carbons (Fsp3) is 0.455. The first kappa shape index (κ1) is 17.2. The second kappa shape index (κ2) is 9.15. The van der Waals surface area contributed by atoms with Crippen molar-refractivity contribution in [3.05, 3.63) is 45.5 Å². The Labute approximate surface area is 144 Å². The maximum atomic E-state index is 10.7. The van der Waals surface area contributed by atoms with E-state index < -0.39 is 6.04 Å². The van der Waals surface area contributed by atoms with E-state index in [2.05, 4.69) is 5.32 Å². The normalized spacial score (nSPS) is 11.6. The Kier molecular flexibility index (Phi) is 9.25. The fourth-order valence-corrected chi connectivity index (χ4v) is 1.54. The number of benzene rings is 1. The van der Waals surface area contributed by atoms with Gasteiger partial charge in [0.2, 0.25) is 6.04 Å². The van der Waals surface area contributed by atoms with Crippen LogP contribution in [-0.2, 0) is 6.54 Å². The van der Waals surface area contributed by atoms with Crippen molar-refractivity contribution in [2.24, 2.45) is 5.73 Å². The molecule has 1 aromatic rings. The van der Waals surface area contributed by atoms with Crippen molar-refractivity contribution >= 4 is 0 Å². The molecule has 0 aromatic heterocycles. The first-order chi connectivity index (χ1) is 7.66. The quantitative estimate of drug-likeness (QED) is 0.271. The van der Waals surface area contributed by atoms with Gasteiger partial charge < -0.3 is 11.1 Å². The molecule has 0 aliphatic heterocycles. The van der Waals surface area contributed by atoms with Gasteiger partial charge >= 0.3 is 51.4 Å². The Morgan fingerprint density at radius 1 is 1.47 bits per heavy atom. The summed E-state index contributed by atoms with van der Waals surface area (Å²) in [5.41, 5.74) is 7.09. The standard InChI is InChI=1S/C11H17N3O2.K/c1-9(14(15)16)11-5-3-2-4-10(11)8-13-7-6-12;/h2-5,9,13H,6-8,12H2,1H3;/q;+1. The summed E-state index contributed by atoms with van der Waals surface area (Å²) in [6.45, 7) is 3.49. The molecular weight excluding hydrogens is 245 g/mol. The van der Waals surface area contributed by atoms with Crippen LogP contribution in [0.1, 0.15) is 24.1 Å². The first-order valence-electron chi connectivity index (χ1n) is 5.29. The molecule has 6 heteroatoms. The molecule has 1 unspecified atom stereocenters. The third-order valence-electron chi connectivity index (χ3n) is 2.46. The van der Waals surface area contributed by atoms with E-state index in [9.17, 15) is 10.1 Å². The van der Waals surface area contributed by atoms with Crippen LogP contribution in [0.25, 0.3) is 0 Å². The largest absolute Gasteiger partial charge is 1.00 e. The molecule has 0 amide bonds. The minimum Gasteiger partial charge on any atom is -0.329 e. The van der Waals surface area contributed by atoms with Gasteiger partial charge in [0, 0.05) is 37.0 Å². The van der Waals surface area contributed by atoms with Gasteiger partial charge in [-0.25, -0.2) is 0 Å². The summed E-state index contributed by atoms with van der Waals surface area (Å²) < 4.78 is 0. The average molecular weight is 262 g/mol. The molecule has 3 N–H and O–H groups in total. The van der Waals surface area contributed by atoms with E-state index in [4.69, 9.17) is 5.73 Å². The molecule has 0 aliphatic carbocycles. The van der Waals surface area contributed by atoms with E-state index in [-0.39, 0.29) is 56.3 Å². The summed E-state index contributed by atoms with van der Waals surface area (Å²) >= 11 is 0. The summed E-state index contributed by atoms with van der Waals surface area (Å²) in [4.78, 5) is 10.5. The van der Waals surface area contributed by atoms with E-state index in [1.807, 2.05) is 18.2 Å². The molecule has 0 aliphatic rings. The van der Waals surface area contributed by atoms with Gasteiger partial charge in [-0.2, -0.15) is 0 Å². The number of nitrogens with two attached hydrogens (primary N) is 1. The molecule has 0 heterocycles. The smallest absolute Gasteiger partial charge is 0.329 e. The van der Waals surface area contributed by atoms with E-state index in [0.29, 0.717) is 19.6 Å². The zero-order valence-corrected chi connectivity index (χ0v) is 13.5. The van der Waals surface area contributed by atoms with Gasteiger partial charge in [0.1, 0.15) is 0 Å². The summed E-state index contributed by atoms with van der Waals surface area (Å²) in [6, 6.07) is 6.74. The molecule has 0 fully saturated rings.